The molecule has 20 heavy (non-hydrogen) atoms. The third-order valence-corrected chi connectivity index (χ3v) is 3.83. The first-order valence-corrected chi connectivity index (χ1v) is 7.62. The lowest BCUT2D eigenvalue weighted by atomic mass is 10.2. The van der Waals surface area contributed by atoms with Gasteiger partial charge in [0.15, 0.2) is 0 Å². The Morgan fingerprint density at radius 3 is 2.85 bits per heavy atom. The zero-order valence-corrected chi connectivity index (χ0v) is 12.5. The maximum absolute atomic E-state index is 5.90. The van der Waals surface area contributed by atoms with Crippen molar-refractivity contribution >= 4 is 0 Å². The van der Waals surface area contributed by atoms with Crippen LogP contribution in [0.5, 0.6) is 0 Å². The second kappa shape index (κ2) is 8.37. The van der Waals surface area contributed by atoms with Gasteiger partial charge in [-0.25, -0.2) is 0 Å². The fourth-order valence-electron chi connectivity index (χ4n) is 2.73. The maximum atomic E-state index is 5.90. The van der Waals surface area contributed by atoms with Crippen molar-refractivity contribution in [1.29, 1.82) is 0 Å². The first kappa shape index (κ1) is 15.4. The molecule has 1 heterocycles. The molecule has 0 aliphatic carbocycles. The van der Waals surface area contributed by atoms with Crippen LogP contribution in [0.3, 0.4) is 0 Å². The van der Waals surface area contributed by atoms with Crippen LogP contribution in [-0.4, -0.2) is 61.8 Å². The predicted molar refractivity (Wildman–Crippen MR) is 82.6 cm³/mol. The van der Waals surface area contributed by atoms with Crippen LogP contribution in [0.15, 0.2) is 30.3 Å². The van der Waals surface area contributed by atoms with Crippen molar-refractivity contribution in [1.82, 2.24) is 9.80 Å². The molecule has 4 nitrogen and oxygen atoms in total. The van der Waals surface area contributed by atoms with Gasteiger partial charge in [0.2, 0.25) is 0 Å². The van der Waals surface area contributed by atoms with Gasteiger partial charge in [-0.1, -0.05) is 37.3 Å². The van der Waals surface area contributed by atoms with E-state index >= 15 is 0 Å². The lowest BCUT2D eigenvalue weighted by Gasteiger charge is -2.35. The van der Waals surface area contributed by atoms with E-state index in [2.05, 4.69) is 47.1 Å². The highest BCUT2D eigenvalue weighted by atomic mass is 16.5. The summed E-state index contributed by atoms with van der Waals surface area (Å²) in [6, 6.07) is 10.6. The average molecular weight is 277 g/mol. The molecule has 1 saturated heterocycles. The zero-order chi connectivity index (χ0) is 14.2. The minimum Gasteiger partial charge on any atom is -0.374 e. The van der Waals surface area contributed by atoms with Crippen LogP contribution in [0.2, 0.25) is 0 Å². The Labute approximate surface area is 122 Å². The van der Waals surface area contributed by atoms with Gasteiger partial charge in [-0.3, -0.25) is 9.80 Å². The number of rotatable bonds is 7. The Morgan fingerprint density at radius 2 is 2.15 bits per heavy atom. The van der Waals surface area contributed by atoms with Gasteiger partial charge in [0.1, 0.15) is 0 Å². The molecule has 0 bridgehead atoms. The summed E-state index contributed by atoms with van der Waals surface area (Å²) in [6.45, 7) is 9.78. The van der Waals surface area contributed by atoms with E-state index in [1.807, 2.05) is 0 Å². The van der Waals surface area contributed by atoms with Gasteiger partial charge in [0.25, 0.3) is 0 Å². The van der Waals surface area contributed by atoms with Crippen molar-refractivity contribution in [3.8, 4) is 0 Å². The van der Waals surface area contributed by atoms with Crippen molar-refractivity contribution < 1.29 is 4.74 Å². The van der Waals surface area contributed by atoms with Gasteiger partial charge in [0.05, 0.1) is 12.7 Å². The highest BCUT2D eigenvalue weighted by molar-refractivity contribution is 5.14. The number of hydrogen-bond acceptors (Lipinski definition) is 4. The van der Waals surface area contributed by atoms with Crippen LogP contribution < -0.4 is 5.73 Å². The summed E-state index contributed by atoms with van der Waals surface area (Å²) in [7, 11) is 0. The van der Waals surface area contributed by atoms with E-state index in [0.29, 0.717) is 12.6 Å². The normalized spacial score (nSPS) is 20.4. The van der Waals surface area contributed by atoms with Crippen LogP contribution >= 0.6 is 0 Å². The van der Waals surface area contributed by atoms with Crippen molar-refractivity contribution in [3.63, 3.8) is 0 Å². The second-order valence-electron chi connectivity index (χ2n) is 5.40. The topological polar surface area (TPSA) is 41.7 Å². The van der Waals surface area contributed by atoms with Crippen LogP contribution in [0.25, 0.3) is 0 Å². The molecular weight excluding hydrogens is 250 g/mol. The summed E-state index contributed by atoms with van der Waals surface area (Å²) in [5, 5.41) is 0. The van der Waals surface area contributed by atoms with Crippen LogP contribution in [0, 0.1) is 0 Å². The molecule has 0 aromatic heterocycles. The maximum Gasteiger partial charge on any atom is 0.0829 e. The molecule has 2 N–H and O–H groups in total. The smallest absolute Gasteiger partial charge is 0.0829 e. The van der Waals surface area contributed by atoms with E-state index in [0.717, 1.165) is 45.9 Å². The molecule has 1 fully saturated rings. The quantitative estimate of drug-likeness (QED) is 0.812. The van der Waals surface area contributed by atoms with Crippen molar-refractivity contribution in [3.05, 3.63) is 35.9 Å². The van der Waals surface area contributed by atoms with E-state index in [9.17, 15) is 0 Å². The Kier molecular flexibility index (Phi) is 6.47. The molecule has 0 saturated carbocycles. The highest BCUT2D eigenvalue weighted by Gasteiger charge is 2.21. The first-order valence-electron chi connectivity index (χ1n) is 7.62. The molecule has 0 amide bonds. The van der Waals surface area contributed by atoms with Gasteiger partial charge >= 0.3 is 0 Å². The fraction of sp³-hybridized carbons (Fsp3) is 0.625. The lowest BCUT2D eigenvalue weighted by Crippen LogP contribution is -2.48. The number of hydrogen-bond donors (Lipinski definition) is 1. The average Bonchev–Trinajstić information content (AvgIpc) is 2.49. The molecule has 1 aromatic rings. The van der Waals surface area contributed by atoms with Gasteiger partial charge < -0.3 is 10.5 Å². The molecule has 0 radical (unpaired) electrons. The van der Waals surface area contributed by atoms with Gasteiger partial charge in [0, 0.05) is 39.3 Å². The molecule has 1 aliphatic heterocycles. The zero-order valence-electron chi connectivity index (χ0n) is 12.5. The number of likely N-dealkylation sites (N-methyl/N-ethyl adjacent to an activating group) is 1. The Morgan fingerprint density at radius 1 is 1.35 bits per heavy atom. The van der Waals surface area contributed by atoms with E-state index in [1.165, 1.54) is 5.56 Å². The van der Waals surface area contributed by atoms with Gasteiger partial charge in [-0.05, 0) is 12.1 Å². The van der Waals surface area contributed by atoms with Crippen molar-refractivity contribution in [2.24, 2.45) is 5.73 Å². The molecule has 1 atom stereocenters. The predicted octanol–water partition coefficient (Wildman–Crippen LogP) is 1.17. The summed E-state index contributed by atoms with van der Waals surface area (Å²) >= 11 is 0. The summed E-state index contributed by atoms with van der Waals surface area (Å²) in [5.74, 6) is 0. The molecule has 112 valence electrons. The molecule has 1 aliphatic rings. The molecule has 4 heteroatoms. The Hall–Kier alpha value is -0.940. The van der Waals surface area contributed by atoms with Gasteiger partial charge in [-0.2, -0.15) is 0 Å². The molecule has 1 aromatic carbocycles. The molecule has 2 rings (SSSR count). The SMILES string of the molecule is CCN1CCOC(CN(CCN)Cc2ccccc2)C1. The summed E-state index contributed by atoms with van der Waals surface area (Å²) in [4.78, 5) is 4.86. The van der Waals surface area contributed by atoms with E-state index in [-0.39, 0.29) is 0 Å². The number of nitrogens with zero attached hydrogens (tertiary/aromatic N) is 2. The third kappa shape index (κ3) is 4.87. The number of morpholine rings is 1. The minimum atomic E-state index is 0.305. The van der Waals surface area contributed by atoms with E-state index in [1.54, 1.807) is 0 Å². The van der Waals surface area contributed by atoms with Crippen molar-refractivity contribution in [2.75, 3.05) is 45.9 Å². The molecule has 1 unspecified atom stereocenters. The molecule has 0 spiro atoms. The number of benzene rings is 1. The lowest BCUT2D eigenvalue weighted by molar-refractivity contribution is -0.0424. The standard InChI is InChI=1S/C16H27N3O/c1-2-18-10-11-20-16(13-18)14-19(9-8-17)12-15-6-4-3-5-7-15/h3-7,16H,2,8-14,17H2,1H3. The van der Waals surface area contributed by atoms with Gasteiger partial charge in [-0.15, -0.1) is 0 Å². The van der Waals surface area contributed by atoms with Crippen LogP contribution in [0.4, 0.5) is 0 Å². The third-order valence-electron chi connectivity index (χ3n) is 3.83. The summed E-state index contributed by atoms with van der Waals surface area (Å²) < 4.78 is 5.90. The molecular formula is C16H27N3O. The largest absolute Gasteiger partial charge is 0.374 e. The van der Waals surface area contributed by atoms with E-state index < -0.39 is 0 Å². The number of nitrogens with two attached hydrogens (primary N) is 1. The number of ether oxygens (including phenoxy) is 1. The van der Waals surface area contributed by atoms with Crippen LogP contribution in [-0.2, 0) is 11.3 Å². The highest BCUT2D eigenvalue weighted by Crippen LogP contribution is 2.10. The first-order chi connectivity index (χ1) is 9.81. The second-order valence-corrected chi connectivity index (χ2v) is 5.40. The summed E-state index contributed by atoms with van der Waals surface area (Å²) in [5.41, 5.74) is 7.09. The monoisotopic (exact) mass is 277 g/mol. The summed E-state index contributed by atoms with van der Waals surface area (Å²) in [6.07, 6.45) is 0.305. The Balaban J connectivity index is 1.88. The van der Waals surface area contributed by atoms with Crippen LogP contribution in [0.1, 0.15) is 12.5 Å². The van der Waals surface area contributed by atoms with E-state index in [4.69, 9.17) is 10.5 Å². The Bertz CT molecular complexity index is 371. The van der Waals surface area contributed by atoms with Crippen molar-refractivity contribution in [2.45, 2.75) is 19.6 Å². The minimum absolute atomic E-state index is 0.305. The fourth-order valence-corrected chi connectivity index (χ4v) is 2.73.